The van der Waals surface area contributed by atoms with Gasteiger partial charge < -0.3 is 14.8 Å². The molecule has 1 N–H and O–H groups in total. The summed E-state index contributed by atoms with van der Waals surface area (Å²) in [5.41, 5.74) is 1.31. The second-order valence-electron chi connectivity index (χ2n) is 5.58. The Hall–Kier alpha value is -0.930. The van der Waals surface area contributed by atoms with Crippen molar-refractivity contribution in [2.45, 2.75) is 39.0 Å². The normalized spacial score (nSPS) is 17.9. The summed E-state index contributed by atoms with van der Waals surface area (Å²) in [7, 11) is 1.71. The van der Waals surface area contributed by atoms with Gasteiger partial charge in [-0.3, -0.25) is 0 Å². The average molecular weight is 314 g/mol. The topological polar surface area (TPSA) is 30.5 Å². The van der Waals surface area contributed by atoms with E-state index in [1.165, 1.54) is 24.9 Å². The predicted octanol–water partition coefficient (Wildman–Crippen LogP) is 3.84. The van der Waals surface area contributed by atoms with E-state index in [1.807, 2.05) is 6.07 Å². The maximum atomic E-state index is 5.91. The van der Waals surface area contributed by atoms with Gasteiger partial charge in [-0.2, -0.15) is 0 Å². The number of benzene rings is 1. The lowest BCUT2D eigenvalue weighted by molar-refractivity contribution is 0.245. The van der Waals surface area contributed by atoms with Crippen molar-refractivity contribution in [2.75, 3.05) is 26.8 Å². The average Bonchev–Trinajstić information content (AvgIpc) is 2.50. The van der Waals surface area contributed by atoms with Crippen LogP contribution in [-0.4, -0.2) is 26.8 Å². The van der Waals surface area contributed by atoms with Gasteiger partial charge in [0.05, 0.1) is 13.7 Å². The maximum Gasteiger partial charge on any atom is 0.161 e. The van der Waals surface area contributed by atoms with E-state index < -0.39 is 0 Å². The zero-order valence-corrected chi connectivity index (χ0v) is 14.0. The molecule has 1 saturated heterocycles. The van der Waals surface area contributed by atoms with Gasteiger partial charge in [0.15, 0.2) is 11.5 Å². The summed E-state index contributed by atoms with van der Waals surface area (Å²) < 4.78 is 11.3. The molecule has 1 aliphatic heterocycles. The van der Waals surface area contributed by atoms with Crippen molar-refractivity contribution in [3.63, 3.8) is 0 Å². The number of ether oxygens (including phenoxy) is 2. The Balaban J connectivity index is 0.00000220. The third-order valence-electron chi connectivity index (χ3n) is 3.95. The van der Waals surface area contributed by atoms with E-state index in [0.717, 1.165) is 49.8 Å². The van der Waals surface area contributed by atoms with Crippen molar-refractivity contribution in [3.05, 3.63) is 23.8 Å². The monoisotopic (exact) mass is 313 g/mol. The summed E-state index contributed by atoms with van der Waals surface area (Å²) in [6, 6.07) is 6.29. The molecule has 0 saturated carbocycles. The van der Waals surface area contributed by atoms with Crippen LogP contribution in [-0.2, 0) is 6.42 Å². The van der Waals surface area contributed by atoms with Crippen LogP contribution in [0.25, 0.3) is 0 Å². The number of methoxy groups -OCH3 is 1. The molecule has 1 heterocycles. The summed E-state index contributed by atoms with van der Waals surface area (Å²) in [5.74, 6) is 2.49. The maximum absolute atomic E-state index is 5.91. The second kappa shape index (κ2) is 9.91. The first kappa shape index (κ1) is 18.1. The highest BCUT2D eigenvalue weighted by Gasteiger charge is 2.13. The number of nitrogens with one attached hydrogen (secondary N) is 1. The zero-order valence-electron chi connectivity index (χ0n) is 13.2. The Morgan fingerprint density at radius 3 is 2.81 bits per heavy atom. The van der Waals surface area contributed by atoms with Crippen LogP contribution >= 0.6 is 12.4 Å². The minimum atomic E-state index is 0. The minimum absolute atomic E-state index is 0. The molecule has 3 nitrogen and oxygen atoms in total. The largest absolute Gasteiger partial charge is 0.493 e. The second-order valence-corrected chi connectivity index (χ2v) is 5.58. The molecule has 1 aromatic rings. The van der Waals surface area contributed by atoms with Gasteiger partial charge in [0.2, 0.25) is 0 Å². The molecule has 1 aliphatic rings. The molecule has 120 valence electrons. The lowest BCUT2D eigenvalue weighted by atomic mass is 9.97. The first-order valence-electron chi connectivity index (χ1n) is 7.84. The van der Waals surface area contributed by atoms with Crippen LogP contribution in [0.4, 0.5) is 0 Å². The molecule has 2 rings (SSSR count). The van der Waals surface area contributed by atoms with Crippen LogP contribution in [0.5, 0.6) is 11.5 Å². The molecule has 1 atom stereocenters. The fourth-order valence-corrected chi connectivity index (χ4v) is 2.78. The number of halogens is 1. The predicted molar refractivity (Wildman–Crippen MR) is 89.9 cm³/mol. The first-order chi connectivity index (χ1) is 9.83. The van der Waals surface area contributed by atoms with Crippen molar-refractivity contribution < 1.29 is 9.47 Å². The summed E-state index contributed by atoms with van der Waals surface area (Å²) in [5, 5.41) is 3.45. The summed E-state index contributed by atoms with van der Waals surface area (Å²) in [6.07, 6.45) is 5.97. The quantitative estimate of drug-likeness (QED) is 0.829. The molecular formula is C17H28ClNO2. The Morgan fingerprint density at radius 2 is 2.14 bits per heavy atom. The molecule has 0 aromatic heterocycles. The molecule has 1 unspecified atom stereocenters. The van der Waals surface area contributed by atoms with E-state index in [-0.39, 0.29) is 12.4 Å². The molecule has 1 aromatic carbocycles. The van der Waals surface area contributed by atoms with Gasteiger partial charge >= 0.3 is 0 Å². The lowest BCUT2D eigenvalue weighted by Crippen LogP contribution is -2.30. The van der Waals surface area contributed by atoms with Crippen LogP contribution in [0.2, 0.25) is 0 Å². The van der Waals surface area contributed by atoms with E-state index in [1.54, 1.807) is 7.11 Å². The van der Waals surface area contributed by atoms with Crippen LogP contribution in [0.3, 0.4) is 0 Å². The highest BCUT2D eigenvalue weighted by molar-refractivity contribution is 5.85. The minimum Gasteiger partial charge on any atom is -0.493 e. The summed E-state index contributed by atoms with van der Waals surface area (Å²) in [6.45, 7) is 5.27. The van der Waals surface area contributed by atoms with E-state index in [9.17, 15) is 0 Å². The molecular weight excluding hydrogens is 286 g/mol. The third-order valence-corrected chi connectivity index (χ3v) is 3.95. The Morgan fingerprint density at radius 1 is 1.29 bits per heavy atom. The number of rotatable bonds is 7. The van der Waals surface area contributed by atoms with Gasteiger partial charge in [0.1, 0.15) is 0 Å². The Bertz CT molecular complexity index is 406. The smallest absolute Gasteiger partial charge is 0.161 e. The van der Waals surface area contributed by atoms with Gasteiger partial charge in [-0.15, -0.1) is 12.4 Å². The van der Waals surface area contributed by atoms with Crippen molar-refractivity contribution in [2.24, 2.45) is 5.92 Å². The fourth-order valence-electron chi connectivity index (χ4n) is 2.78. The Kier molecular flexibility index (Phi) is 8.55. The van der Waals surface area contributed by atoms with E-state index in [2.05, 4.69) is 24.4 Å². The van der Waals surface area contributed by atoms with Crippen molar-refractivity contribution in [1.29, 1.82) is 0 Å². The van der Waals surface area contributed by atoms with Crippen molar-refractivity contribution >= 4 is 12.4 Å². The lowest BCUT2D eigenvalue weighted by Gasteiger charge is -2.22. The molecule has 1 fully saturated rings. The van der Waals surface area contributed by atoms with E-state index in [4.69, 9.17) is 9.47 Å². The number of hydrogen-bond donors (Lipinski definition) is 1. The van der Waals surface area contributed by atoms with Gasteiger partial charge in [0, 0.05) is 0 Å². The van der Waals surface area contributed by atoms with Gasteiger partial charge in [0.25, 0.3) is 0 Å². The molecule has 4 heteroatoms. The van der Waals surface area contributed by atoms with E-state index >= 15 is 0 Å². The van der Waals surface area contributed by atoms with Gasteiger partial charge in [-0.05, 0) is 62.4 Å². The Labute approximate surface area is 134 Å². The summed E-state index contributed by atoms with van der Waals surface area (Å²) in [4.78, 5) is 0. The fraction of sp³-hybridized carbons (Fsp3) is 0.647. The molecule has 0 amide bonds. The SMILES string of the molecule is CCCc1ccc(OCCC2CCCNC2)c(OC)c1.Cl. The zero-order chi connectivity index (χ0) is 14.2. The van der Waals surface area contributed by atoms with Gasteiger partial charge in [-0.1, -0.05) is 19.4 Å². The first-order valence-corrected chi connectivity index (χ1v) is 7.84. The standard InChI is InChI=1S/C17H27NO2.ClH/c1-3-5-14-7-8-16(17(12-14)19-2)20-11-9-15-6-4-10-18-13-15;/h7-8,12,15,18H,3-6,9-11,13H2,1-2H3;1H. The molecule has 0 aliphatic carbocycles. The molecule has 0 radical (unpaired) electrons. The molecule has 0 bridgehead atoms. The third kappa shape index (κ3) is 5.76. The molecule has 21 heavy (non-hydrogen) atoms. The van der Waals surface area contributed by atoms with Gasteiger partial charge in [-0.25, -0.2) is 0 Å². The highest BCUT2D eigenvalue weighted by atomic mass is 35.5. The number of hydrogen-bond acceptors (Lipinski definition) is 3. The van der Waals surface area contributed by atoms with Crippen LogP contribution in [0, 0.1) is 5.92 Å². The van der Waals surface area contributed by atoms with Crippen molar-refractivity contribution in [3.8, 4) is 11.5 Å². The summed E-state index contributed by atoms with van der Waals surface area (Å²) >= 11 is 0. The van der Waals surface area contributed by atoms with Crippen LogP contribution in [0.1, 0.15) is 38.2 Å². The van der Waals surface area contributed by atoms with Crippen LogP contribution in [0.15, 0.2) is 18.2 Å². The van der Waals surface area contributed by atoms with E-state index in [0.29, 0.717) is 0 Å². The van der Waals surface area contributed by atoms with Crippen molar-refractivity contribution in [1.82, 2.24) is 5.32 Å². The number of piperidine rings is 1. The molecule has 0 spiro atoms. The van der Waals surface area contributed by atoms with Crippen LogP contribution < -0.4 is 14.8 Å². The highest BCUT2D eigenvalue weighted by Crippen LogP contribution is 2.29. The number of aryl methyl sites for hydroxylation is 1.